The third-order valence-corrected chi connectivity index (χ3v) is 4.38. The van der Waals surface area contributed by atoms with Crippen LogP contribution in [-0.4, -0.2) is 43.7 Å². The summed E-state index contributed by atoms with van der Waals surface area (Å²) in [6.45, 7) is 2.49. The SMILES string of the molecule is N#Cc1cc(Cl)ccc1CN1CCCC(O)(Cn2ccnn2)C1. The van der Waals surface area contributed by atoms with Crippen molar-refractivity contribution < 1.29 is 5.11 Å². The van der Waals surface area contributed by atoms with Crippen LogP contribution >= 0.6 is 11.6 Å². The Morgan fingerprint density at radius 3 is 3.04 bits per heavy atom. The number of piperidine rings is 1. The van der Waals surface area contributed by atoms with E-state index in [1.165, 1.54) is 0 Å². The number of benzene rings is 1. The number of aliphatic hydroxyl groups is 1. The van der Waals surface area contributed by atoms with Crippen LogP contribution in [0, 0.1) is 11.3 Å². The zero-order valence-electron chi connectivity index (χ0n) is 12.7. The lowest BCUT2D eigenvalue weighted by atomic mass is 9.92. The van der Waals surface area contributed by atoms with Gasteiger partial charge in [0.05, 0.1) is 30.0 Å². The molecule has 0 saturated carbocycles. The maximum Gasteiger partial charge on any atom is 0.0995 e. The molecule has 0 bridgehead atoms. The fourth-order valence-corrected chi connectivity index (χ4v) is 3.29. The number of β-amino-alcohol motifs (C(OH)–C–C–N with tert-alkyl or cyclic N) is 1. The van der Waals surface area contributed by atoms with Gasteiger partial charge in [-0.1, -0.05) is 22.9 Å². The summed E-state index contributed by atoms with van der Waals surface area (Å²) in [5.41, 5.74) is 0.690. The molecule has 0 radical (unpaired) electrons. The molecule has 1 saturated heterocycles. The Bertz CT molecular complexity index is 712. The van der Waals surface area contributed by atoms with Crippen LogP contribution in [0.3, 0.4) is 0 Å². The van der Waals surface area contributed by atoms with Crippen molar-refractivity contribution in [1.29, 1.82) is 5.26 Å². The standard InChI is InChI=1S/C16H18ClN5O/c17-15-3-2-13(14(8-15)9-18)10-21-6-1-4-16(23,11-21)12-22-7-5-19-20-22/h2-3,5,7-8,23H,1,4,6,10-12H2. The number of nitriles is 1. The van der Waals surface area contributed by atoms with Gasteiger partial charge < -0.3 is 5.11 Å². The zero-order valence-corrected chi connectivity index (χ0v) is 13.4. The van der Waals surface area contributed by atoms with Gasteiger partial charge in [0, 0.05) is 24.3 Å². The first-order chi connectivity index (χ1) is 11.1. The van der Waals surface area contributed by atoms with Crippen LogP contribution in [0.4, 0.5) is 0 Å². The van der Waals surface area contributed by atoms with Crippen LogP contribution < -0.4 is 0 Å². The van der Waals surface area contributed by atoms with E-state index in [0.717, 1.165) is 24.9 Å². The van der Waals surface area contributed by atoms with Gasteiger partial charge in [-0.2, -0.15) is 5.26 Å². The summed E-state index contributed by atoms with van der Waals surface area (Å²) in [6, 6.07) is 7.55. The topological polar surface area (TPSA) is 78.0 Å². The number of hydrogen-bond acceptors (Lipinski definition) is 5. The molecule has 23 heavy (non-hydrogen) atoms. The third-order valence-electron chi connectivity index (χ3n) is 4.15. The molecule has 1 aliphatic heterocycles. The van der Waals surface area contributed by atoms with E-state index >= 15 is 0 Å². The lowest BCUT2D eigenvalue weighted by Crippen LogP contribution is -2.50. The highest BCUT2D eigenvalue weighted by Crippen LogP contribution is 2.25. The van der Waals surface area contributed by atoms with E-state index in [0.29, 0.717) is 30.2 Å². The van der Waals surface area contributed by atoms with E-state index in [4.69, 9.17) is 11.6 Å². The fourth-order valence-electron chi connectivity index (χ4n) is 3.12. The molecular formula is C16H18ClN5O. The van der Waals surface area contributed by atoms with Crippen LogP contribution in [0.15, 0.2) is 30.6 Å². The van der Waals surface area contributed by atoms with Crippen molar-refractivity contribution in [2.75, 3.05) is 13.1 Å². The predicted octanol–water partition coefficient (Wildman–Crippen LogP) is 1.83. The zero-order chi connectivity index (χ0) is 16.3. The van der Waals surface area contributed by atoms with Crippen LogP contribution in [0.1, 0.15) is 24.0 Å². The van der Waals surface area contributed by atoms with Crippen molar-refractivity contribution in [3.63, 3.8) is 0 Å². The van der Waals surface area contributed by atoms with Gasteiger partial charge in [0.1, 0.15) is 0 Å². The van der Waals surface area contributed by atoms with Crippen molar-refractivity contribution in [1.82, 2.24) is 19.9 Å². The molecule has 0 amide bonds. The predicted molar refractivity (Wildman–Crippen MR) is 85.6 cm³/mol. The number of hydrogen-bond donors (Lipinski definition) is 1. The highest BCUT2D eigenvalue weighted by Gasteiger charge is 2.34. The molecule has 3 rings (SSSR count). The van der Waals surface area contributed by atoms with Crippen molar-refractivity contribution in [2.24, 2.45) is 0 Å². The van der Waals surface area contributed by atoms with Crippen LogP contribution in [-0.2, 0) is 13.1 Å². The van der Waals surface area contributed by atoms with Gasteiger partial charge in [0.2, 0.25) is 0 Å². The summed E-state index contributed by atoms with van der Waals surface area (Å²) in [5, 5.41) is 28.4. The molecule has 1 aromatic heterocycles. The van der Waals surface area contributed by atoms with E-state index in [1.54, 1.807) is 29.2 Å². The average molecular weight is 332 g/mol. The molecule has 2 aromatic rings. The molecule has 1 aromatic carbocycles. The molecule has 0 spiro atoms. The molecule has 1 fully saturated rings. The smallest absolute Gasteiger partial charge is 0.0995 e. The normalized spacial score (nSPS) is 22.0. The Morgan fingerprint density at radius 1 is 1.43 bits per heavy atom. The first-order valence-electron chi connectivity index (χ1n) is 7.55. The summed E-state index contributed by atoms with van der Waals surface area (Å²) < 4.78 is 1.66. The Hall–Kier alpha value is -1.94. The van der Waals surface area contributed by atoms with E-state index in [9.17, 15) is 10.4 Å². The minimum atomic E-state index is -0.828. The first kappa shape index (κ1) is 15.9. The molecule has 6 nitrogen and oxygen atoms in total. The van der Waals surface area contributed by atoms with Crippen molar-refractivity contribution in [3.8, 4) is 6.07 Å². The Labute approximate surface area is 139 Å². The van der Waals surface area contributed by atoms with E-state index in [2.05, 4.69) is 21.3 Å². The van der Waals surface area contributed by atoms with Gasteiger partial charge in [-0.15, -0.1) is 5.10 Å². The van der Waals surface area contributed by atoms with Gasteiger partial charge in [0.15, 0.2) is 0 Å². The monoisotopic (exact) mass is 331 g/mol. The maximum absolute atomic E-state index is 10.8. The second kappa shape index (κ2) is 6.67. The molecule has 1 N–H and O–H groups in total. The average Bonchev–Trinajstić information content (AvgIpc) is 3.01. The van der Waals surface area contributed by atoms with E-state index in [-0.39, 0.29) is 0 Å². The Morgan fingerprint density at radius 2 is 2.30 bits per heavy atom. The number of aromatic nitrogens is 3. The van der Waals surface area contributed by atoms with E-state index in [1.807, 2.05) is 6.07 Å². The molecular weight excluding hydrogens is 314 g/mol. The van der Waals surface area contributed by atoms with Gasteiger partial charge in [0.25, 0.3) is 0 Å². The number of likely N-dealkylation sites (tertiary alicyclic amines) is 1. The lowest BCUT2D eigenvalue weighted by molar-refractivity contribution is -0.0478. The summed E-state index contributed by atoms with van der Waals surface area (Å²) in [5.74, 6) is 0. The number of rotatable bonds is 4. The van der Waals surface area contributed by atoms with Gasteiger partial charge in [-0.05, 0) is 37.1 Å². The summed E-state index contributed by atoms with van der Waals surface area (Å²) >= 11 is 5.94. The molecule has 1 atom stereocenters. The van der Waals surface area contributed by atoms with Crippen LogP contribution in [0.25, 0.3) is 0 Å². The van der Waals surface area contributed by atoms with Crippen molar-refractivity contribution >= 4 is 11.6 Å². The van der Waals surface area contributed by atoms with Gasteiger partial charge >= 0.3 is 0 Å². The molecule has 2 heterocycles. The van der Waals surface area contributed by atoms with E-state index < -0.39 is 5.60 Å². The van der Waals surface area contributed by atoms with Gasteiger partial charge in [-0.3, -0.25) is 4.90 Å². The molecule has 0 aliphatic carbocycles. The molecule has 7 heteroatoms. The van der Waals surface area contributed by atoms with Crippen LogP contribution in [0.2, 0.25) is 5.02 Å². The summed E-state index contributed by atoms with van der Waals surface area (Å²) in [4.78, 5) is 2.17. The fraction of sp³-hybridized carbons (Fsp3) is 0.438. The maximum atomic E-state index is 10.8. The van der Waals surface area contributed by atoms with Crippen molar-refractivity contribution in [2.45, 2.75) is 31.5 Å². The number of halogens is 1. The number of nitrogens with zero attached hydrogens (tertiary/aromatic N) is 5. The van der Waals surface area contributed by atoms with Crippen LogP contribution in [0.5, 0.6) is 0 Å². The largest absolute Gasteiger partial charge is 0.387 e. The van der Waals surface area contributed by atoms with Crippen molar-refractivity contribution in [3.05, 3.63) is 46.7 Å². The quantitative estimate of drug-likeness (QED) is 0.924. The Balaban J connectivity index is 1.70. The summed E-state index contributed by atoms with van der Waals surface area (Å²) in [6.07, 6.45) is 5.00. The van der Waals surface area contributed by atoms with Gasteiger partial charge in [-0.25, -0.2) is 4.68 Å². The highest BCUT2D eigenvalue weighted by molar-refractivity contribution is 6.30. The third kappa shape index (κ3) is 3.88. The second-order valence-corrected chi connectivity index (χ2v) is 6.49. The second-order valence-electron chi connectivity index (χ2n) is 6.05. The Kier molecular flexibility index (Phi) is 4.62. The first-order valence-corrected chi connectivity index (χ1v) is 7.93. The molecule has 120 valence electrons. The molecule has 1 unspecified atom stereocenters. The summed E-state index contributed by atoms with van der Waals surface area (Å²) in [7, 11) is 0. The minimum Gasteiger partial charge on any atom is -0.387 e. The minimum absolute atomic E-state index is 0.426. The lowest BCUT2D eigenvalue weighted by Gasteiger charge is -2.39. The highest BCUT2D eigenvalue weighted by atomic mass is 35.5. The molecule has 1 aliphatic rings.